The van der Waals surface area contributed by atoms with Gasteiger partial charge in [-0.1, -0.05) is 6.42 Å². The van der Waals surface area contributed by atoms with E-state index in [1.165, 1.54) is 4.88 Å². The third-order valence-corrected chi connectivity index (χ3v) is 9.12. The molecule has 9 heteroatoms. The van der Waals surface area contributed by atoms with Crippen molar-refractivity contribution in [1.29, 1.82) is 0 Å². The van der Waals surface area contributed by atoms with Crippen molar-refractivity contribution in [3.8, 4) is 0 Å². The minimum absolute atomic E-state index is 0.0393. The van der Waals surface area contributed by atoms with E-state index in [1.807, 2.05) is 11.8 Å². The Labute approximate surface area is 188 Å². The molecule has 1 aromatic heterocycles. The van der Waals surface area contributed by atoms with Crippen molar-refractivity contribution in [3.63, 3.8) is 0 Å². The number of rotatable bonds is 5. The number of aromatic nitrogens is 1. The minimum Gasteiger partial charge on any atom is -0.336 e. The second kappa shape index (κ2) is 9.36. The molecule has 7 nitrogen and oxygen atoms in total. The van der Waals surface area contributed by atoms with Gasteiger partial charge in [-0.3, -0.25) is 9.69 Å². The van der Waals surface area contributed by atoms with Crippen molar-refractivity contribution in [2.24, 2.45) is 0 Å². The molecule has 2 aliphatic rings. The number of piperazine rings is 1. The zero-order chi connectivity index (χ0) is 22.0. The van der Waals surface area contributed by atoms with Crippen LogP contribution in [0.3, 0.4) is 0 Å². The maximum Gasteiger partial charge on any atom is 0.253 e. The number of nitrogens with zero attached hydrogens (tertiary/aromatic N) is 4. The van der Waals surface area contributed by atoms with Gasteiger partial charge in [0, 0.05) is 49.7 Å². The van der Waals surface area contributed by atoms with Gasteiger partial charge in [-0.15, -0.1) is 11.3 Å². The molecule has 0 saturated carbocycles. The Morgan fingerprint density at radius 2 is 1.61 bits per heavy atom. The summed E-state index contributed by atoms with van der Waals surface area (Å²) in [5.41, 5.74) is 1.64. The summed E-state index contributed by atoms with van der Waals surface area (Å²) in [4.78, 5) is 23.2. The lowest BCUT2D eigenvalue weighted by atomic mass is 10.2. The van der Waals surface area contributed by atoms with Gasteiger partial charge in [0.05, 0.1) is 17.1 Å². The highest BCUT2D eigenvalue weighted by atomic mass is 32.2. The molecular weight excluding hydrogens is 432 g/mol. The van der Waals surface area contributed by atoms with Gasteiger partial charge in [0.25, 0.3) is 5.91 Å². The van der Waals surface area contributed by atoms with Crippen molar-refractivity contribution < 1.29 is 13.2 Å². The molecule has 2 saturated heterocycles. The molecule has 2 aliphatic heterocycles. The van der Waals surface area contributed by atoms with Gasteiger partial charge in [-0.05, 0) is 51.0 Å². The molecule has 2 aromatic rings. The molecule has 4 rings (SSSR count). The first-order valence-electron chi connectivity index (χ1n) is 10.9. The van der Waals surface area contributed by atoms with E-state index >= 15 is 0 Å². The highest BCUT2D eigenvalue weighted by Crippen LogP contribution is 2.22. The van der Waals surface area contributed by atoms with Crippen LogP contribution in [0.2, 0.25) is 0 Å². The van der Waals surface area contributed by atoms with Gasteiger partial charge in [0.15, 0.2) is 0 Å². The van der Waals surface area contributed by atoms with Crippen molar-refractivity contribution in [2.75, 3.05) is 39.3 Å². The van der Waals surface area contributed by atoms with E-state index in [1.54, 1.807) is 39.9 Å². The number of hydrogen-bond acceptors (Lipinski definition) is 6. The number of carbonyl (C=O) groups excluding carboxylic acids is 1. The molecular formula is C22H30N4O3S2. The minimum atomic E-state index is -3.47. The van der Waals surface area contributed by atoms with Crippen LogP contribution in [-0.4, -0.2) is 72.7 Å². The van der Waals surface area contributed by atoms with Crippen LogP contribution in [0.15, 0.2) is 29.2 Å². The molecule has 0 aliphatic carbocycles. The number of benzene rings is 1. The van der Waals surface area contributed by atoms with Gasteiger partial charge in [0.2, 0.25) is 10.0 Å². The van der Waals surface area contributed by atoms with E-state index in [2.05, 4.69) is 16.8 Å². The maximum atomic E-state index is 12.9. The first-order valence-corrected chi connectivity index (χ1v) is 13.1. The SMILES string of the molecule is Cc1nc(CN2CCN(C(=O)c3ccc(S(=O)(=O)N4CCCCC4)cc3)CC2)sc1C. The quantitative estimate of drug-likeness (QED) is 0.683. The van der Waals surface area contributed by atoms with Crippen LogP contribution < -0.4 is 0 Å². The van der Waals surface area contributed by atoms with E-state index in [9.17, 15) is 13.2 Å². The number of piperidine rings is 1. The Balaban J connectivity index is 1.34. The van der Waals surface area contributed by atoms with Crippen molar-refractivity contribution in [3.05, 3.63) is 45.4 Å². The summed E-state index contributed by atoms with van der Waals surface area (Å²) >= 11 is 1.74. The molecule has 1 amide bonds. The summed E-state index contributed by atoms with van der Waals surface area (Å²) in [5, 5.41) is 1.13. The monoisotopic (exact) mass is 462 g/mol. The molecule has 0 spiro atoms. The smallest absolute Gasteiger partial charge is 0.253 e. The number of carbonyl (C=O) groups is 1. The van der Waals surface area contributed by atoms with Gasteiger partial charge >= 0.3 is 0 Å². The van der Waals surface area contributed by atoms with Crippen molar-refractivity contribution >= 4 is 27.3 Å². The van der Waals surface area contributed by atoms with E-state index < -0.39 is 10.0 Å². The fourth-order valence-electron chi connectivity index (χ4n) is 4.11. The fourth-order valence-corrected chi connectivity index (χ4v) is 6.61. The van der Waals surface area contributed by atoms with Crippen LogP contribution in [0.25, 0.3) is 0 Å². The van der Waals surface area contributed by atoms with Crippen LogP contribution >= 0.6 is 11.3 Å². The molecule has 168 valence electrons. The Bertz CT molecular complexity index is 1000. The Morgan fingerprint density at radius 3 is 2.19 bits per heavy atom. The molecule has 0 bridgehead atoms. The number of amides is 1. The highest BCUT2D eigenvalue weighted by molar-refractivity contribution is 7.89. The Kier molecular flexibility index (Phi) is 6.76. The summed E-state index contributed by atoms with van der Waals surface area (Å²) in [6.07, 6.45) is 2.89. The second-order valence-corrected chi connectivity index (χ2v) is 11.5. The Morgan fingerprint density at radius 1 is 0.968 bits per heavy atom. The molecule has 1 aromatic carbocycles. The summed E-state index contributed by atoms with van der Waals surface area (Å²) in [6.45, 7) is 9.05. The van der Waals surface area contributed by atoms with Gasteiger partial charge in [-0.2, -0.15) is 4.31 Å². The zero-order valence-electron chi connectivity index (χ0n) is 18.2. The van der Waals surface area contributed by atoms with Crippen LogP contribution in [0.5, 0.6) is 0 Å². The largest absolute Gasteiger partial charge is 0.336 e. The lowest BCUT2D eigenvalue weighted by Gasteiger charge is -2.34. The lowest BCUT2D eigenvalue weighted by molar-refractivity contribution is 0.0628. The molecule has 31 heavy (non-hydrogen) atoms. The zero-order valence-corrected chi connectivity index (χ0v) is 19.8. The van der Waals surface area contributed by atoms with Crippen LogP contribution in [-0.2, 0) is 16.6 Å². The average molecular weight is 463 g/mol. The molecule has 0 N–H and O–H groups in total. The van der Waals surface area contributed by atoms with E-state index in [0.717, 1.165) is 49.6 Å². The van der Waals surface area contributed by atoms with Crippen LogP contribution in [0.4, 0.5) is 0 Å². The summed E-state index contributed by atoms with van der Waals surface area (Å²) < 4.78 is 27.2. The maximum absolute atomic E-state index is 12.9. The first-order chi connectivity index (χ1) is 14.8. The molecule has 3 heterocycles. The van der Waals surface area contributed by atoms with E-state index in [0.29, 0.717) is 31.7 Å². The number of thiazole rings is 1. The number of sulfonamides is 1. The fraction of sp³-hybridized carbons (Fsp3) is 0.545. The van der Waals surface area contributed by atoms with Crippen molar-refractivity contribution in [1.82, 2.24) is 19.1 Å². The molecule has 0 atom stereocenters. The molecule has 2 fully saturated rings. The van der Waals surface area contributed by atoms with Gasteiger partial charge < -0.3 is 4.90 Å². The highest BCUT2D eigenvalue weighted by Gasteiger charge is 2.27. The summed E-state index contributed by atoms with van der Waals surface area (Å²) in [7, 11) is -3.47. The molecule has 0 unspecified atom stereocenters. The summed E-state index contributed by atoms with van der Waals surface area (Å²) in [5.74, 6) is -0.0393. The third kappa shape index (κ3) is 5.00. The van der Waals surface area contributed by atoms with Gasteiger partial charge in [-0.25, -0.2) is 13.4 Å². The van der Waals surface area contributed by atoms with Gasteiger partial charge in [0.1, 0.15) is 5.01 Å². The van der Waals surface area contributed by atoms with E-state index in [4.69, 9.17) is 0 Å². The number of aryl methyl sites for hydroxylation is 2. The topological polar surface area (TPSA) is 73.8 Å². The molecule has 0 radical (unpaired) electrons. The van der Waals surface area contributed by atoms with Crippen LogP contribution in [0, 0.1) is 13.8 Å². The van der Waals surface area contributed by atoms with E-state index in [-0.39, 0.29) is 10.8 Å². The Hall–Kier alpha value is -1.81. The van der Waals surface area contributed by atoms with Crippen LogP contribution in [0.1, 0.15) is 45.2 Å². The lowest BCUT2D eigenvalue weighted by Crippen LogP contribution is -2.48. The standard InChI is InChI=1S/C22H30N4O3S2/c1-17-18(2)30-21(23-17)16-24-12-14-25(15-13-24)22(27)19-6-8-20(9-7-19)31(28,29)26-10-4-3-5-11-26/h6-9H,3-5,10-16H2,1-2H3. The second-order valence-electron chi connectivity index (χ2n) is 8.31. The number of hydrogen-bond donors (Lipinski definition) is 0. The van der Waals surface area contributed by atoms with Crippen molar-refractivity contribution in [2.45, 2.75) is 44.6 Å². The average Bonchev–Trinajstić information content (AvgIpc) is 3.11. The third-order valence-electron chi connectivity index (χ3n) is 6.15. The normalized spacial score (nSPS) is 19.0. The predicted octanol–water partition coefficient (Wildman–Crippen LogP) is 2.89. The summed E-state index contributed by atoms with van der Waals surface area (Å²) in [6, 6.07) is 6.43. The first kappa shape index (κ1) is 22.4. The predicted molar refractivity (Wildman–Crippen MR) is 122 cm³/mol.